The van der Waals surface area contributed by atoms with Crippen molar-refractivity contribution in [1.29, 1.82) is 5.26 Å². The van der Waals surface area contributed by atoms with E-state index < -0.39 is 0 Å². The van der Waals surface area contributed by atoms with Gasteiger partial charge in [0.1, 0.15) is 5.82 Å². The molecule has 0 radical (unpaired) electrons. The van der Waals surface area contributed by atoms with E-state index in [9.17, 15) is 10.1 Å². The second kappa shape index (κ2) is 11.9. The van der Waals surface area contributed by atoms with E-state index in [1.807, 2.05) is 4.90 Å². The average Bonchev–Trinajstić information content (AvgIpc) is 3.84. The highest BCUT2D eigenvalue weighted by molar-refractivity contribution is 5.97. The van der Waals surface area contributed by atoms with Gasteiger partial charge in [-0.25, -0.2) is 0 Å². The third-order valence-electron chi connectivity index (χ3n) is 8.28. The van der Waals surface area contributed by atoms with E-state index in [-0.39, 0.29) is 24.4 Å². The number of carbonyl (C=O) groups is 1. The van der Waals surface area contributed by atoms with Crippen molar-refractivity contribution in [3.05, 3.63) is 53.2 Å². The molecule has 3 aromatic rings. The van der Waals surface area contributed by atoms with E-state index >= 15 is 0 Å². The van der Waals surface area contributed by atoms with Gasteiger partial charge in [-0.3, -0.25) is 4.79 Å². The number of piperazine rings is 1. The van der Waals surface area contributed by atoms with Gasteiger partial charge < -0.3 is 29.5 Å². The topological polar surface area (TPSA) is 117 Å². The largest absolute Gasteiger partial charge is 0.463 e. The monoisotopic (exact) mass is 555 g/mol. The molecule has 0 aliphatic carbocycles. The lowest BCUT2D eigenvalue weighted by atomic mass is 9.99. The number of nitrogens with zero attached hydrogens (tertiary/aromatic N) is 6. The Bertz CT molecular complexity index is 1460. The van der Waals surface area contributed by atoms with Crippen LogP contribution in [0.2, 0.25) is 0 Å². The van der Waals surface area contributed by atoms with Crippen LogP contribution < -0.4 is 19.9 Å². The zero-order valence-electron chi connectivity index (χ0n) is 23.8. The number of ether oxygens (including phenoxy) is 2. The summed E-state index contributed by atoms with van der Waals surface area (Å²) in [6.07, 6.45) is 1.83. The predicted molar refractivity (Wildman–Crippen MR) is 157 cm³/mol. The van der Waals surface area contributed by atoms with Crippen molar-refractivity contribution in [1.82, 2.24) is 20.2 Å². The lowest BCUT2D eigenvalue weighted by molar-refractivity contribution is -0.133. The summed E-state index contributed by atoms with van der Waals surface area (Å²) in [4.78, 5) is 29.2. The van der Waals surface area contributed by atoms with Gasteiger partial charge in [-0.15, -0.1) is 0 Å². The minimum atomic E-state index is -0.181. The Balaban J connectivity index is 1.31. The molecule has 10 heteroatoms. The third kappa shape index (κ3) is 5.65. The van der Waals surface area contributed by atoms with E-state index in [2.05, 4.69) is 64.5 Å². The van der Waals surface area contributed by atoms with Crippen molar-refractivity contribution in [2.24, 2.45) is 0 Å². The smallest absolute Gasteiger partial charge is 0.318 e. The van der Waals surface area contributed by atoms with Gasteiger partial charge in [0.2, 0.25) is 5.91 Å². The number of benzene rings is 2. The molecule has 1 amide bonds. The van der Waals surface area contributed by atoms with Gasteiger partial charge in [0.05, 0.1) is 43.4 Å². The molecule has 2 aromatic carbocycles. The van der Waals surface area contributed by atoms with Crippen LogP contribution in [0.3, 0.4) is 0 Å². The molecular weight excluding hydrogens is 518 g/mol. The summed E-state index contributed by atoms with van der Waals surface area (Å²) in [7, 11) is 1.68. The maximum absolute atomic E-state index is 12.9. The van der Waals surface area contributed by atoms with Crippen LogP contribution in [0.5, 0.6) is 6.01 Å². The first-order chi connectivity index (χ1) is 20.1. The number of anilines is 2. The first-order valence-corrected chi connectivity index (χ1v) is 14.5. The first-order valence-electron chi connectivity index (χ1n) is 14.5. The highest BCUT2D eigenvalue weighted by Crippen LogP contribution is 2.36. The number of hydrogen-bond acceptors (Lipinski definition) is 9. The van der Waals surface area contributed by atoms with Crippen molar-refractivity contribution in [2.45, 2.75) is 44.8 Å². The van der Waals surface area contributed by atoms with Gasteiger partial charge in [-0.1, -0.05) is 30.3 Å². The van der Waals surface area contributed by atoms with E-state index in [1.165, 1.54) is 22.0 Å². The van der Waals surface area contributed by atoms with Crippen LogP contribution in [-0.4, -0.2) is 85.9 Å². The second-order valence-electron chi connectivity index (χ2n) is 11.0. The van der Waals surface area contributed by atoms with Gasteiger partial charge in [0.25, 0.3) is 0 Å². The van der Waals surface area contributed by atoms with Crippen molar-refractivity contribution in [3.8, 4) is 12.1 Å². The summed E-state index contributed by atoms with van der Waals surface area (Å²) in [5.74, 6) is 0.961. The van der Waals surface area contributed by atoms with Crippen LogP contribution in [0.15, 0.2) is 36.4 Å². The van der Waals surface area contributed by atoms with Gasteiger partial charge in [0, 0.05) is 69.5 Å². The molecule has 3 aliphatic rings. The molecule has 2 atom stereocenters. The summed E-state index contributed by atoms with van der Waals surface area (Å²) in [6.45, 7) is 7.22. The van der Waals surface area contributed by atoms with Crippen molar-refractivity contribution in [2.75, 3.05) is 62.8 Å². The zero-order valence-corrected chi connectivity index (χ0v) is 23.8. The number of aromatic nitrogens is 2. The molecule has 0 bridgehead atoms. The van der Waals surface area contributed by atoms with E-state index in [0.29, 0.717) is 51.9 Å². The molecule has 0 spiro atoms. The fourth-order valence-electron chi connectivity index (χ4n) is 6.11. The number of carbonyl (C=O) groups excluding carboxylic acids is 1. The number of hydrogen-bond donors (Lipinski definition) is 1. The number of fused-ring (bicyclic) bond motifs is 2. The van der Waals surface area contributed by atoms with Gasteiger partial charge in [0.15, 0.2) is 0 Å². The van der Waals surface area contributed by atoms with Crippen molar-refractivity contribution >= 4 is 28.2 Å². The van der Waals surface area contributed by atoms with Crippen LogP contribution >= 0.6 is 0 Å². The Morgan fingerprint density at radius 1 is 1.12 bits per heavy atom. The molecule has 10 nitrogen and oxygen atoms in total. The van der Waals surface area contributed by atoms with Crippen LogP contribution in [0.25, 0.3) is 10.8 Å². The number of amides is 1. The summed E-state index contributed by atoms with van der Waals surface area (Å²) < 4.78 is 11.2. The second-order valence-corrected chi connectivity index (χ2v) is 11.0. The van der Waals surface area contributed by atoms with Crippen LogP contribution in [0.1, 0.15) is 29.7 Å². The summed E-state index contributed by atoms with van der Waals surface area (Å²) >= 11 is 0. The SMILES string of the molecule is COCCCOc1nc2c(c(N3CCN(C(=O)[C@@H]4CN4)[C@@H](CC#N)C3)n1)CCN(c1cccc3cccc(C)c13)C2. The lowest BCUT2D eigenvalue weighted by Crippen LogP contribution is -2.57. The van der Waals surface area contributed by atoms with Gasteiger partial charge in [-0.2, -0.15) is 15.2 Å². The predicted octanol–water partition coefficient (Wildman–Crippen LogP) is 2.82. The average molecular weight is 556 g/mol. The number of nitrogens with one attached hydrogen (secondary N) is 1. The summed E-state index contributed by atoms with van der Waals surface area (Å²) in [6, 6.07) is 15.3. The maximum Gasteiger partial charge on any atom is 0.318 e. The van der Waals surface area contributed by atoms with Crippen molar-refractivity contribution < 1.29 is 14.3 Å². The van der Waals surface area contributed by atoms with E-state index in [4.69, 9.17) is 19.4 Å². The Morgan fingerprint density at radius 2 is 1.95 bits per heavy atom. The first kappa shape index (κ1) is 27.2. The molecule has 1 N–H and O–H groups in total. The Kier molecular flexibility index (Phi) is 7.90. The van der Waals surface area contributed by atoms with Crippen LogP contribution in [0, 0.1) is 18.3 Å². The maximum atomic E-state index is 12.9. The molecule has 214 valence electrons. The van der Waals surface area contributed by atoms with Crippen LogP contribution in [0.4, 0.5) is 11.5 Å². The molecule has 3 aliphatic heterocycles. The number of rotatable bonds is 9. The molecule has 41 heavy (non-hydrogen) atoms. The van der Waals surface area contributed by atoms with E-state index in [0.717, 1.165) is 36.5 Å². The Labute approximate surface area is 240 Å². The molecule has 1 aromatic heterocycles. The minimum Gasteiger partial charge on any atom is -0.463 e. The fraction of sp³-hybridized carbons (Fsp3) is 0.484. The summed E-state index contributed by atoms with van der Waals surface area (Å²) in [5.41, 5.74) is 4.56. The van der Waals surface area contributed by atoms with E-state index in [1.54, 1.807) is 7.11 Å². The quantitative estimate of drug-likeness (QED) is 0.314. The standard InChI is InChI=1S/C31H37N7O3/c1-21-6-3-7-22-8-4-9-27(28(21)22)36-13-11-24-26(20-36)34-31(41-17-5-16-40-2)35-29(24)37-14-15-38(23(19-37)10-12-32)30(39)25-18-33-25/h3-4,6-9,23,25,33H,5,10-11,13-20H2,1-2H3/t23-,25-/m0/s1. The molecule has 0 unspecified atom stereocenters. The Morgan fingerprint density at radius 3 is 2.73 bits per heavy atom. The van der Waals surface area contributed by atoms with Crippen LogP contribution in [-0.2, 0) is 22.5 Å². The Hall–Kier alpha value is -3.94. The number of methoxy groups -OCH3 is 1. The molecule has 4 heterocycles. The molecule has 2 fully saturated rings. The van der Waals surface area contributed by atoms with Gasteiger partial charge in [-0.05, 0) is 30.4 Å². The highest BCUT2D eigenvalue weighted by atomic mass is 16.5. The lowest BCUT2D eigenvalue weighted by Gasteiger charge is -2.42. The normalized spacial score (nSPS) is 20.1. The third-order valence-corrected chi connectivity index (χ3v) is 8.28. The number of aryl methyl sites for hydroxylation is 1. The molecular formula is C31H37N7O3. The van der Waals surface area contributed by atoms with Gasteiger partial charge >= 0.3 is 6.01 Å². The highest BCUT2D eigenvalue weighted by Gasteiger charge is 2.39. The molecule has 0 saturated carbocycles. The number of nitriles is 1. The zero-order chi connectivity index (χ0) is 28.3. The van der Waals surface area contributed by atoms with Crippen molar-refractivity contribution in [3.63, 3.8) is 0 Å². The summed E-state index contributed by atoms with van der Waals surface area (Å²) in [5, 5.41) is 15.2. The molecule has 6 rings (SSSR count). The fourth-order valence-corrected chi connectivity index (χ4v) is 6.11. The minimum absolute atomic E-state index is 0.0952. The molecule has 2 saturated heterocycles.